The van der Waals surface area contributed by atoms with E-state index in [2.05, 4.69) is 31.2 Å². The summed E-state index contributed by atoms with van der Waals surface area (Å²) in [4.78, 5) is 29.3. The maximum Gasteiger partial charge on any atom is 0.228 e. The Balaban J connectivity index is 1.40. The fraction of sp³-hybridized carbons (Fsp3) is 0.600. The molecule has 1 atom stereocenters. The topological polar surface area (TPSA) is 49.9 Å². The number of hydrogen-bond acceptors (Lipinski definition) is 3. The van der Waals surface area contributed by atoms with E-state index in [-0.39, 0.29) is 23.3 Å². The Kier molecular flexibility index (Phi) is 4.28. The zero-order chi connectivity index (χ0) is 17.4. The third-order valence-corrected chi connectivity index (χ3v) is 6.12. The second-order valence-electron chi connectivity index (χ2n) is 7.74. The van der Waals surface area contributed by atoms with Gasteiger partial charge in [0, 0.05) is 44.8 Å². The van der Waals surface area contributed by atoms with E-state index in [1.807, 2.05) is 9.80 Å². The van der Waals surface area contributed by atoms with Gasteiger partial charge in [0.15, 0.2) is 0 Å². The molecule has 0 aromatic heterocycles. The Labute approximate surface area is 148 Å². The number of hydrogen-bond donors (Lipinski definition) is 0. The van der Waals surface area contributed by atoms with Crippen LogP contribution in [0.15, 0.2) is 24.3 Å². The van der Waals surface area contributed by atoms with Crippen LogP contribution in [0.3, 0.4) is 0 Å². The van der Waals surface area contributed by atoms with Crippen LogP contribution in [-0.2, 0) is 20.9 Å². The molecule has 0 aliphatic carbocycles. The van der Waals surface area contributed by atoms with Crippen LogP contribution in [-0.4, -0.2) is 53.5 Å². The molecule has 0 radical (unpaired) electrons. The Hall–Kier alpha value is -1.88. The summed E-state index contributed by atoms with van der Waals surface area (Å²) in [5, 5.41) is 0. The average molecular weight is 342 g/mol. The van der Waals surface area contributed by atoms with Crippen LogP contribution in [0.2, 0.25) is 0 Å². The fourth-order valence-corrected chi connectivity index (χ4v) is 4.38. The summed E-state index contributed by atoms with van der Waals surface area (Å²) in [5.41, 5.74) is 2.35. The molecule has 2 amide bonds. The summed E-state index contributed by atoms with van der Waals surface area (Å²) in [5.74, 6) is 0.0892. The highest BCUT2D eigenvalue weighted by Crippen LogP contribution is 2.41. The SMILES string of the molecule is Cc1ccc(CN2CC(C(=O)N3CCC34CCOCC4)CC2=O)cc1. The molecule has 0 saturated carbocycles. The van der Waals surface area contributed by atoms with Gasteiger partial charge >= 0.3 is 0 Å². The summed E-state index contributed by atoms with van der Waals surface area (Å²) in [6.07, 6.45) is 3.31. The normalized spacial score (nSPS) is 25.3. The number of amides is 2. The molecule has 134 valence electrons. The lowest BCUT2D eigenvalue weighted by atomic mass is 9.77. The number of ether oxygens (including phenoxy) is 1. The van der Waals surface area contributed by atoms with E-state index in [1.165, 1.54) is 5.56 Å². The van der Waals surface area contributed by atoms with Crippen molar-refractivity contribution in [2.45, 2.75) is 44.7 Å². The van der Waals surface area contributed by atoms with E-state index in [1.54, 1.807) is 0 Å². The van der Waals surface area contributed by atoms with E-state index >= 15 is 0 Å². The zero-order valence-corrected chi connectivity index (χ0v) is 14.9. The first-order valence-electron chi connectivity index (χ1n) is 9.30. The molecule has 3 fully saturated rings. The van der Waals surface area contributed by atoms with E-state index in [0.717, 1.165) is 44.6 Å². The van der Waals surface area contributed by atoms with E-state index in [4.69, 9.17) is 4.74 Å². The van der Waals surface area contributed by atoms with E-state index < -0.39 is 0 Å². The lowest BCUT2D eigenvalue weighted by molar-refractivity contribution is -0.160. The van der Waals surface area contributed by atoms with E-state index in [9.17, 15) is 9.59 Å². The summed E-state index contributed by atoms with van der Waals surface area (Å²) in [6.45, 7) is 5.52. The molecule has 3 aliphatic heterocycles. The van der Waals surface area contributed by atoms with Crippen LogP contribution in [0.5, 0.6) is 0 Å². The monoisotopic (exact) mass is 342 g/mol. The average Bonchev–Trinajstić information content (AvgIpc) is 2.97. The Morgan fingerprint density at radius 2 is 1.92 bits per heavy atom. The van der Waals surface area contributed by atoms with Crippen molar-refractivity contribution in [2.75, 3.05) is 26.3 Å². The summed E-state index contributed by atoms with van der Waals surface area (Å²) in [7, 11) is 0. The van der Waals surface area contributed by atoms with Crippen LogP contribution >= 0.6 is 0 Å². The van der Waals surface area contributed by atoms with Crippen LogP contribution < -0.4 is 0 Å². The minimum absolute atomic E-state index is 0.0166. The molecule has 25 heavy (non-hydrogen) atoms. The van der Waals surface area contributed by atoms with Crippen LogP contribution in [0.4, 0.5) is 0 Å². The molecular formula is C20H26N2O3. The van der Waals surface area contributed by atoms with Gasteiger partial charge in [0.1, 0.15) is 0 Å². The van der Waals surface area contributed by atoms with Crippen molar-refractivity contribution < 1.29 is 14.3 Å². The maximum atomic E-state index is 13.0. The van der Waals surface area contributed by atoms with Crippen molar-refractivity contribution in [1.29, 1.82) is 0 Å². The van der Waals surface area contributed by atoms with Crippen molar-refractivity contribution in [3.05, 3.63) is 35.4 Å². The standard InChI is InChI=1S/C20H26N2O3/c1-15-2-4-16(5-3-15)13-21-14-17(12-18(21)23)19(24)22-9-6-20(22)7-10-25-11-8-20/h2-5,17H,6-14H2,1H3. The van der Waals surface area contributed by atoms with Crippen LogP contribution in [0, 0.1) is 12.8 Å². The number of rotatable bonds is 3. The van der Waals surface area contributed by atoms with Gasteiger partial charge in [0.2, 0.25) is 11.8 Å². The highest BCUT2D eigenvalue weighted by molar-refractivity contribution is 5.90. The summed E-state index contributed by atoms with van der Waals surface area (Å²) >= 11 is 0. The Morgan fingerprint density at radius 3 is 2.56 bits per heavy atom. The van der Waals surface area contributed by atoms with Crippen molar-refractivity contribution >= 4 is 11.8 Å². The van der Waals surface area contributed by atoms with Gasteiger partial charge in [-0.2, -0.15) is 0 Å². The molecular weight excluding hydrogens is 316 g/mol. The number of carbonyl (C=O) groups excluding carboxylic acids is 2. The Morgan fingerprint density at radius 1 is 1.20 bits per heavy atom. The number of nitrogens with zero attached hydrogens (tertiary/aromatic N) is 2. The third kappa shape index (κ3) is 3.06. The fourth-order valence-electron chi connectivity index (χ4n) is 4.38. The second kappa shape index (κ2) is 6.45. The first-order valence-corrected chi connectivity index (χ1v) is 9.30. The molecule has 1 aromatic rings. The predicted molar refractivity (Wildman–Crippen MR) is 93.8 cm³/mol. The van der Waals surface area contributed by atoms with Gasteiger partial charge in [0.05, 0.1) is 5.92 Å². The van der Waals surface area contributed by atoms with E-state index in [0.29, 0.717) is 19.5 Å². The van der Waals surface area contributed by atoms with Crippen molar-refractivity contribution in [2.24, 2.45) is 5.92 Å². The quantitative estimate of drug-likeness (QED) is 0.845. The van der Waals surface area contributed by atoms with Crippen molar-refractivity contribution in [3.8, 4) is 0 Å². The van der Waals surface area contributed by atoms with Crippen LogP contribution in [0.25, 0.3) is 0 Å². The van der Waals surface area contributed by atoms with Crippen molar-refractivity contribution in [3.63, 3.8) is 0 Å². The third-order valence-electron chi connectivity index (χ3n) is 6.12. The lowest BCUT2D eigenvalue weighted by Crippen LogP contribution is -2.65. The molecule has 3 heterocycles. The Bertz CT molecular complexity index is 664. The van der Waals surface area contributed by atoms with Gasteiger partial charge in [-0.3, -0.25) is 9.59 Å². The molecule has 5 nitrogen and oxygen atoms in total. The highest BCUT2D eigenvalue weighted by atomic mass is 16.5. The van der Waals surface area contributed by atoms with Gasteiger partial charge in [-0.25, -0.2) is 0 Å². The van der Waals surface area contributed by atoms with Crippen molar-refractivity contribution in [1.82, 2.24) is 9.80 Å². The van der Waals surface area contributed by atoms with Crippen LogP contribution in [0.1, 0.15) is 36.8 Å². The van der Waals surface area contributed by atoms with Gasteiger partial charge < -0.3 is 14.5 Å². The molecule has 1 aromatic carbocycles. The molecule has 0 bridgehead atoms. The molecule has 3 saturated heterocycles. The summed E-state index contributed by atoms with van der Waals surface area (Å²) in [6, 6.07) is 8.25. The number of aryl methyl sites for hydroxylation is 1. The molecule has 3 aliphatic rings. The second-order valence-corrected chi connectivity index (χ2v) is 7.74. The minimum Gasteiger partial charge on any atom is -0.381 e. The highest BCUT2D eigenvalue weighted by Gasteiger charge is 2.50. The first-order chi connectivity index (χ1) is 12.1. The van der Waals surface area contributed by atoms with Gasteiger partial charge in [-0.15, -0.1) is 0 Å². The largest absolute Gasteiger partial charge is 0.381 e. The maximum absolute atomic E-state index is 13.0. The molecule has 1 spiro atoms. The smallest absolute Gasteiger partial charge is 0.228 e. The summed E-state index contributed by atoms with van der Waals surface area (Å²) < 4.78 is 5.46. The number of likely N-dealkylation sites (tertiary alicyclic amines) is 2. The number of benzene rings is 1. The minimum atomic E-state index is -0.182. The zero-order valence-electron chi connectivity index (χ0n) is 14.9. The molecule has 0 N–H and O–H groups in total. The molecule has 1 unspecified atom stereocenters. The van der Waals surface area contributed by atoms with Gasteiger partial charge in [0.25, 0.3) is 0 Å². The van der Waals surface area contributed by atoms with Gasteiger partial charge in [-0.1, -0.05) is 29.8 Å². The molecule has 5 heteroatoms. The first kappa shape index (κ1) is 16.6. The molecule has 4 rings (SSSR count). The lowest BCUT2D eigenvalue weighted by Gasteiger charge is -2.55. The van der Waals surface area contributed by atoms with Gasteiger partial charge in [-0.05, 0) is 31.7 Å². The number of carbonyl (C=O) groups is 2. The predicted octanol–water partition coefficient (Wildman–Crippen LogP) is 2.13.